The average Bonchev–Trinajstić information content (AvgIpc) is 3.64. The molecular weight excluding hydrogens is 428 g/mol. The first-order valence-corrected chi connectivity index (χ1v) is 13.4. The maximum atomic E-state index is 4.95. The Balaban J connectivity index is 0.000000607. The molecule has 0 spiro atoms. The highest BCUT2D eigenvalue weighted by Crippen LogP contribution is 2.31. The minimum absolute atomic E-state index is 0.797. The Morgan fingerprint density at radius 1 is 1.06 bits per heavy atom. The lowest BCUT2D eigenvalue weighted by atomic mass is 10.1. The van der Waals surface area contributed by atoms with E-state index in [-0.39, 0.29) is 0 Å². The van der Waals surface area contributed by atoms with Crippen molar-refractivity contribution in [1.29, 1.82) is 0 Å². The number of aryl methyl sites for hydroxylation is 4. The van der Waals surface area contributed by atoms with Crippen molar-refractivity contribution in [2.24, 2.45) is 5.92 Å². The number of anilines is 1. The van der Waals surface area contributed by atoms with Crippen molar-refractivity contribution < 1.29 is 0 Å². The van der Waals surface area contributed by atoms with Crippen LogP contribution < -0.4 is 4.90 Å². The van der Waals surface area contributed by atoms with Crippen molar-refractivity contribution >= 4 is 5.82 Å². The van der Waals surface area contributed by atoms with Crippen LogP contribution in [0.2, 0.25) is 0 Å². The van der Waals surface area contributed by atoms with Gasteiger partial charge in [-0.25, -0.2) is 0 Å². The summed E-state index contributed by atoms with van der Waals surface area (Å²) in [5.41, 5.74) is 7.37. The van der Waals surface area contributed by atoms with Crippen LogP contribution in [0.3, 0.4) is 0 Å². The molecule has 2 aromatic heterocycles. The second-order valence-corrected chi connectivity index (χ2v) is 9.93. The third kappa shape index (κ3) is 8.38. The number of hydrogen-bond acceptors (Lipinski definition) is 3. The van der Waals surface area contributed by atoms with Gasteiger partial charge in [-0.1, -0.05) is 69.5 Å². The first-order chi connectivity index (χ1) is 16.9. The van der Waals surface area contributed by atoms with E-state index >= 15 is 0 Å². The molecule has 4 heteroatoms. The predicted molar refractivity (Wildman–Crippen MR) is 149 cm³/mol. The molecule has 0 N–H and O–H groups in total. The Hall–Kier alpha value is -2.88. The van der Waals surface area contributed by atoms with Crippen LogP contribution in [0.25, 0.3) is 0 Å². The minimum Gasteiger partial charge on any atom is -0.329 e. The molecule has 0 amide bonds. The summed E-state index contributed by atoms with van der Waals surface area (Å²) in [6.45, 7) is 16.9. The van der Waals surface area contributed by atoms with Gasteiger partial charge in [0.1, 0.15) is 0 Å². The SMILES string of the molecule is C=C(CC)N(CCCCc1ccccn1)c1cc(C)n(Cc2cc(C)ccc2C)n1.CCC1CC1. The van der Waals surface area contributed by atoms with Crippen LogP contribution in [0.15, 0.2) is 60.9 Å². The summed E-state index contributed by atoms with van der Waals surface area (Å²) in [6, 6.07) is 14.9. The molecular formula is C31H44N4. The molecule has 35 heavy (non-hydrogen) atoms. The minimum atomic E-state index is 0.797. The third-order valence-electron chi connectivity index (χ3n) is 6.92. The van der Waals surface area contributed by atoms with Crippen molar-refractivity contribution in [2.75, 3.05) is 11.4 Å². The molecule has 0 saturated heterocycles. The van der Waals surface area contributed by atoms with Crippen molar-refractivity contribution in [3.63, 3.8) is 0 Å². The largest absolute Gasteiger partial charge is 0.329 e. The van der Waals surface area contributed by atoms with Crippen LogP contribution in [-0.2, 0) is 13.0 Å². The summed E-state index contributed by atoms with van der Waals surface area (Å²) in [6.07, 6.45) is 10.4. The summed E-state index contributed by atoms with van der Waals surface area (Å²) in [5, 5.41) is 4.95. The number of rotatable bonds is 11. The molecule has 1 saturated carbocycles. The molecule has 0 bridgehead atoms. The van der Waals surface area contributed by atoms with Gasteiger partial charge in [0.2, 0.25) is 0 Å². The standard InChI is InChI=1S/C26H34N4.C5H10/c1-6-22(4)29(16-10-8-12-25-11-7-9-15-27-25)26-18-23(5)30(28-26)19-24-17-20(2)13-14-21(24)3;1-2-5-3-4-5/h7,9,11,13-15,17-18H,4,6,8,10,12,16,19H2,1-3,5H3;5H,2-4H2,1H3. The van der Waals surface area contributed by atoms with Gasteiger partial charge in [-0.2, -0.15) is 5.10 Å². The summed E-state index contributed by atoms with van der Waals surface area (Å²) >= 11 is 0. The van der Waals surface area contributed by atoms with Crippen LogP contribution in [0, 0.1) is 26.7 Å². The monoisotopic (exact) mass is 472 g/mol. The third-order valence-corrected chi connectivity index (χ3v) is 6.92. The van der Waals surface area contributed by atoms with E-state index in [9.17, 15) is 0 Å². The molecule has 0 radical (unpaired) electrons. The second kappa shape index (κ2) is 13.3. The van der Waals surface area contributed by atoms with Crippen LogP contribution in [0.1, 0.15) is 80.5 Å². The second-order valence-electron chi connectivity index (χ2n) is 9.93. The fraction of sp³-hybridized carbons (Fsp3) is 0.484. The Morgan fingerprint density at radius 2 is 1.86 bits per heavy atom. The van der Waals surface area contributed by atoms with E-state index in [2.05, 4.69) is 92.2 Å². The first kappa shape index (κ1) is 26.7. The number of aromatic nitrogens is 3. The van der Waals surface area contributed by atoms with Crippen LogP contribution in [-0.4, -0.2) is 21.3 Å². The fourth-order valence-electron chi connectivity index (χ4n) is 4.19. The average molecular weight is 473 g/mol. The lowest BCUT2D eigenvalue weighted by Gasteiger charge is -2.24. The van der Waals surface area contributed by atoms with Gasteiger partial charge in [0, 0.05) is 35.9 Å². The number of pyridine rings is 1. The van der Waals surface area contributed by atoms with E-state index < -0.39 is 0 Å². The van der Waals surface area contributed by atoms with E-state index in [1.807, 2.05) is 12.3 Å². The molecule has 0 atom stereocenters. The van der Waals surface area contributed by atoms with Crippen molar-refractivity contribution in [2.45, 2.75) is 86.1 Å². The van der Waals surface area contributed by atoms with Gasteiger partial charge in [-0.05, 0) is 75.6 Å². The van der Waals surface area contributed by atoms with Gasteiger partial charge < -0.3 is 4.90 Å². The van der Waals surface area contributed by atoms with E-state index in [1.165, 1.54) is 41.6 Å². The number of hydrogen-bond donors (Lipinski definition) is 0. The van der Waals surface area contributed by atoms with Crippen LogP contribution >= 0.6 is 0 Å². The summed E-state index contributed by atoms with van der Waals surface area (Å²) < 4.78 is 2.11. The molecule has 1 aliphatic carbocycles. The van der Waals surface area contributed by atoms with Gasteiger partial charge >= 0.3 is 0 Å². The molecule has 4 nitrogen and oxygen atoms in total. The first-order valence-electron chi connectivity index (χ1n) is 13.4. The lowest BCUT2D eigenvalue weighted by Crippen LogP contribution is -2.23. The molecule has 3 aromatic rings. The molecule has 1 aliphatic rings. The van der Waals surface area contributed by atoms with Crippen molar-refractivity contribution in [3.05, 3.63) is 89.0 Å². The Morgan fingerprint density at radius 3 is 2.49 bits per heavy atom. The number of unbranched alkanes of at least 4 members (excludes halogenated alkanes) is 1. The lowest BCUT2D eigenvalue weighted by molar-refractivity contribution is 0.649. The van der Waals surface area contributed by atoms with E-state index in [0.717, 1.165) is 61.9 Å². The van der Waals surface area contributed by atoms with Gasteiger partial charge in [-0.3, -0.25) is 9.67 Å². The van der Waals surface area contributed by atoms with Gasteiger partial charge in [0.05, 0.1) is 6.54 Å². The summed E-state index contributed by atoms with van der Waals surface area (Å²) in [5.74, 6) is 2.14. The molecule has 1 fully saturated rings. The maximum absolute atomic E-state index is 4.95. The Kier molecular flexibility index (Phi) is 10.1. The summed E-state index contributed by atoms with van der Waals surface area (Å²) in [7, 11) is 0. The molecule has 0 unspecified atom stereocenters. The summed E-state index contributed by atoms with van der Waals surface area (Å²) in [4.78, 5) is 6.71. The molecule has 1 aromatic carbocycles. The molecule has 2 heterocycles. The maximum Gasteiger partial charge on any atom is 0.155 e. The van der Waals surface area contributed by atoms with Crippen LogP contribution in [0.5, 0.6) is 0 Å². The zero-order chi connectivity index (χ0) is 25.2. The van der Waals surface area contributed by atoms with Crippen molar-refractivity contribution in [1.82, 2.24) is 14.8 Å². The smallest absolute Gasteiger partial charge is 0.155 e. The van der Waals surface area contributed by atoms with Crippen LogP contribution in [0.4, 0.5) is 5.82 Å². The zero-order valence-corrected chi connectivity index (χ0v) is 22.6. The van der Waals surface area contributed by atoms with E-state index in [0.29, 0.717) is 0 Å². The molecule has 188 valence electrons. The quantitative estimate of drug-likeness (QED) is 0.267. The highest BCUT2D eigenvalue weighted by molar-refractivity contribution is 5.46. The highest BCUT2D eigenvalue weighted by Gasteiger charge is 2.17. The number of benzene rings is 1. The number of allylic oxidation sites excluding steroid dienone is 1. The van der Waals surface area contributed by atoms with Gasteiger partial charge in [0.15, 0.2) is 5.82 Å². The van der Waals surface area contributed by atoms with Gasteiger partial charge in [0.25, 0.3) is 0 Å². The topological polar surface area (TPSA) is 34.0 Å². The highest BCUT2D eigenvalue weighted by atomic mass is 15.4. The zero-order valence-electron chi connectivity index (χ0n) is 22.6. The fourth-order valence-corrected chi connectivity index (χ4v) is 4.19. The van der Waals surface area contributed by atoms with E-state index in [1.54, 1.807) is 0 Å². The predicted octanol–water partition coefficient (Wildman–Crippen LogP) is 7.81. The normalized spacial score (nSPS) is 12.7. The number of nitrogens with zero attached hydrogens (tertiary/aromatic N) is 4. The Labute approximate surface area is 213 Å². The molecule has 4 rings (SSSR count). The van der Waals surface area contributed by atoms with Crippen molar-refractivity contribution in [3.8, 4) is 0 Å². The van der Waals surface area contributed by atoms with E-state index in [4.69, 9.17) is 5.10 Å². The van der Waals surface area contributed by atoms with Gasteiger partial charge in [-0.15, -0.1) is 0 Å². The molecule has 0 aliphatic heterocycles. The Bertz CT molecular complexity index is 1060.